The Hall–Kier alpha value is -1.55. The summed E-state index contributed by atoms with van der Waals surface area (Å²) in [5.41, 5.74) is 2.40. The number of amides is 2. The van der Waals surface area contributed by atoms with Crippen LogP contribution < -0.4 is 5.32 Å². The molecule has 0 saturated carbocycles. The van der Waals surface area contributed by atoms with E-state index in [0.717, 1.165) is 0 Å². The van der Waals surface area contributed by atoms with E-state index in [1.807, 2.05) is 18.7 Å². The largest absolute Gasteiger partial charge is 0.372 e. The number of benzene rings is 1. The van der Waals surface area contributed by atoms with Crippen LogP contribution in [0.3, 0.4) is 0 Å². The Morgan fingerprint density at radius 3 is 2.32 bits per heavy atom. The Morgan fingerprint density at radius 1 is 1.23 bits per heavy atom. The molecule has 4 heteroatoms. The van der Waals surface area contributed by atoms with Gasteiger partial charge < -0.3 is 15.0 Å². The lowest BCUT2D eigenvalue weighted by Gasteiger charge is -2.36. The predicted molar refractivity (Wildman–Crippen MR) is 89.2 cm³/mol. The van der Waals surface area contributed by atoms with E-state index in [4.69, 9.17) is 4.74 Å². The Kier molecular flexibility index (Phi) is 5.12. The van der Waals surface area contributed by atoms with Crippen molar-refractivity contribution < 1.29 is 9.53 Å². The quantitative estimate of drug-likeness (QED) is 0.932. The SMILES string of the molecule is Cc1ccc(C(C)(C)CNC(=O)N2CC(C)OC(C)C2)cc1. The van der Waals surface area contributed by atoms with Gasteiger partial charge in [0.1, 0.15) is 0 Å². The van der Waals surface area contributed by atoms with E-state index in [-0.39, 0.29) is 23.7 Å². The standard InChI is InChI=1S/C18H28N2O2/c1-13-6-8-16(9-7-13)18(4,5)12-19-17(21)20-10-14(2)22-15(3)11-20/h6-9,14-15H,10-12H2,1-5H3,(H,19,21). The molecular weight excluding hydrogens is 276 g/mol. The zero-order chi connectivity index (χ0) is 16.3. The minimum atomic E-state index is -0.0904. The number of carbonyl (C=O) groups excluding carboxylic acids is 1. The number of hydrogen-bond donors (Lipinski definition) is 1. The predicted octanol–water partition coefficient (Wildman–Crippen LogP) is 3.09. The number of carbonyl (C=O) groups is 1. The number of morpholine rings is 1. The van der Waals surface area contributed by atoms with Crippen molar-refractivity contribution in [2.45, 2.75) is 52.2 Å². The minimum Gasteiger partial charge on any atom is -0.372 e. The van der Waals surface area contributed by atoms with Crippen molar-refractivity contribution in [3.63, 3.8) is 0 Å². The molecule has 0 aromatic heterocycles. The lowest BCUT2D eigenvalue weighted by Crippen LogP contribution is -2.53. The first-order chi connectivity index (χ1) is 10.3. The summed E-state index contributed by atoms with van der Waals surface area (Å²) < 4.78 is 5.67. The third-order valence-electron chi connectivity index (χ3n) is 4.22. The normalized spacial score (nSPS) is 22.5. The number of urea groups is 1. The summed E-state index contributed by atoms with van der Waals surface area (Å²) in [5.74, 6) is 0. The second-order valence-corrected chi connectivity index (χ2v) is 7.07. The highest BCUT2D eigenvalue weighted by atomic mass is 16.5. The van der Waals surface area contributed by atoms with Crippen LogP contribution in [0.2, 0.25) is 0 Å². The van der Waals surface area contributed by atoms with Gasteiger partial charge in [0.2, 0.25) is 0 Å². The fraction of sp³-hybridized carbons (Fsp3) is 0.611. The molecule has 1 heterocycles. The maximum absolute atomic E-state index is 12.4. The number of nitrogens with one attached hydrogen (secondary N) is 1. The Balaban J connectivity index is 1.93. The third-order valence-corrected chi connectivity index (χ3v) is 4.22. The molecule has 1 N–H and O–H groups in total. The molecule has 22 heavy (non-hydrogen) atoms. The van der Waals surface area contributed by atoms with Crippen LogP contribution >= 0.6 is 0 Å². The summed E-state index contributed by atoms with van der Waals surface area (Å²) >= 11 is 0. The van der Waals surface area contributed by atoms with E-state index >= 15 is 0 Å². The summed E-state index contributed by atoms with van der Waals surface area (Å²) in [6.45, 7) is 12.3. The third kappa shape index (κ3) is 4.23. The van der Waals surface area contributed by atoms with Gasteiger partial charge in [-0.25, -0.2) is 4.79 Å². The molecule has 122 valence electrons. The van der Waals surface area contributed by atoms with Crippen LogP contribution in [0.4, 0.5) is 4.79 Å². The van der Waals surface area contributed by atoms with Crippen LogP contribution in [0.1, 0.15) is 38.8 Å². The lowest BCUT2D eigenvalue weighted by molar-refractivity contribution is -0.0545. The van der Waals surface area contributed by atoms with Gasteiger partial charge in [-0.2, -0.15) is 0 Å². The number of ether oxygens (including phenoxy) is 1. The highest BCUT2D eigenvalue weighted by molar-refractivity contribution is 5.74. The van der Waals surface area contributed by atoms with Crippen molar-refractivity contribution in [1.29, 1.82) is 0 Å². The van der Waals surface area contributed by atoms with Gasteiger partial charge in [-0.3, -0.25) is 0 Å². The Morgan fingerprint density at radius 2 is 1.77 bits per heavy atom. The number of hydrogen-bond acceptors (Lipinski definition) is 2. The van der Waals surface area contributed by atoms with Crippen molar-refractivity contribution in [1.82, 2.24) is 10.2 Å². The number of rotatable bonds is 3. The molecule has 0 aliphatic carbocycles. The van der Waals surface area contributed by atoms with Crippen molar-refractivity contribution in [2.24, 2.45) is 0 Å². The highest BCUT2D eigenvalue weighted by Crippen LogP contribution is 2.22. The molecule has 0 radical (unpaired) electrons. The van der Waals surface area contributed by atoms with Crippen molar-refractivity contribution in [2.75, 3.05) is 19.6 Å². The molecule has 2 atom stereocenters. The van der Waals surface area contributed by atoms with Gasteiger partial charge in [-0.05, 0) is 26.3 Å². The van der Waals surface area contributed by atoms with E-state index in [1.54, 1.807) is 0 Å². The van der Waals surface area contributed by atoms with Crippen LogP contribution in [0.25, 0.3) is 0 Å². The molecule has 1 aliphatic rings. The fourth-order valence-corrected chi connectivity index (χ4v) is 2.86. The molecule has 0 bridgehead atoms. The Labute approximate surface area is 133 Å². The Bertz CT molecular complexity index is 500. The van der Waals surface area contributed by atoms with Gasteiger partial charge in [0.15, 0.2) is 0 Å². The first-order valence-corrected chi connectivity index (χ1v) is 8.03. The molecule has 1 aromatic rings. The molecule has 2 amide bonds. The maximum atomic E-state index is 12.4. The average Bonchev–Trinajstić information content (AvgIpc) is 2.44. The second-order valence-electron chi connectivity index (χ2n) is 7.07. The van der Waals surface area contributed by atoms with Crippen molar-refractivity contribution in [3.8, 4) is 0 Å². The van der Waals surface area contributed by atoms with Gasteiger partial charge in [-0.15, -0.1) is 0 Å². The van der Waals surface area contributed by atoms with Gasteiger partial charge in [0.05, 0.1) is 12.2 Å². The van der Waals surface area contributed by atoms with Crippen LogP contribution in [0, 0.1) is 6.92 Å². The number of nitrogens with zero attached hydrogens (tertiary/aromatic N) is 1. The molecule has 1 saturated heterocycles. The lowest BCUT2D eigenvalue weighted by atomic mass is 9.84. The molecule has 4 nitrogen and oxygen atoms in total. The van der Waals surface area contributed by atoms with Crippen molar-refractivity contribution >= 4 is 6.03 Å². The summed E-state index contributed by atoms with van der Waals surface area (Å²) in [7, 11) is 0. The minimum absolute atomic E-state index is 0.00202. The van der Waals surface area contributed by atoms with Crippen LogP contribution in [-0.4, -0.2) is 42.8 Å². The van der Waals surface area contributed by atoms with Crippen LogP contribution in [0.15, 0.2) is 24.3 Å². The fourth-order valence-electron chi connectivity index (χ4n) is 2.86. The molecule has 2 unspecified atom stereocenters. The molecule has 1 fully saturated rings. The zero-order valence-corrected chi connectivity index (χ0v) is 14.3. The van der Waals surface area contributed by atoms with Gasteiger partial charge >= 0.3 is 6.03 Å². The van der Waals surface area contributed by atoms with Gasteiger partial charge in [0.25, 0.3) is 0 Å². The summed E-state index contributed by atoms with van der Waals surface area (Å²) in [5, 5.41) is 3.08. The van der Waals surface area contributed by atoms with E-state index < -0.39 is 0 Å². The first kappa shape index (κ1) is 16.8. The maximum Gasteiger partial charge on any atom is 0.317 e. The summed E-state index contributed by atoms with van der Waals surface area (Å²) in [6, 6.07) is 8.51. The monoisotopic (exact) mass is 304 g/mol. The van der Waals surface area contributed by atoms with E-state index in [0.29, 0.717) is 19.6 Å². The second kappa shape index (κ2) is 6.69. The number of aryl methyl sites for hydroxylation is 1. The zero-order valence-electron chi connectivity index (χ0n) is 14.3. The van der Waals surface area contributed by atoms with E-state index in [9.17, 15) is 4.79 Å². The first-order valence-electron chi connectivity index (χ1n) is 8.03. The topological polar surface area (TPSA) is 41.6 Å². The molecule has 1 aromatic carbocycles. The molecule has 2 rings (SSSR count). The van der Waals surface area contributed by atoms with Crippen molar-refractivity contribution in [3.05, 3.63) is 35.4 Å². The average molecular weight is 304 g/mol. The molecule has 1 aliphatic heterocycles. The summed E-state index contributed by atoms with van der Waals surface area (Å²) in [6.07, 6.45) is 0.194. The highest BCUT2D eigenvalue weighted by Gasteiger charge is 2.27. The molecule has 0 spiro atoms. The summed E-state index contributed by atoms with van der Waals surface area (Å²) in [4.78, 5) is 14.2. The van der Waals surface area contributed by atoms with Crippen LogP contribution in [0.5, 0.6) is 0 Å². The smallest absolute Gasteiger partial charge is 0.317 e. The van der Waals surface area contributed by atoms with E-state index in [2.05, 4.69) is 50.4 Å². The molecular formula is C18H28N2O2. The van der Waals surface area contributed by atoms with E-state index in [1.165, 1.54) is 11.1 Å². The van der Waals surface area contributed by atoms with Gasteiger partial charge in [-0.1, -0.05) is 43.7 Å². The van der Waals surface area contributed by atoms with Crippen LogP contribution in [-0.2, 0) is 10.2 Å². The van der Waals surface area contributed by atoms with Gasteiger partial charge in [0, 0.05) is 25.0 Å².